The summed E-state index contributed by atoms with van der Waals surface area (Å²) in [6.07, 6.45) is 0. The third-order valence-corrected chi connectivity index (χ3v) is 4.35. The molecule has 0 saturated heterocycles. The molecule has 0 aliphatic carbocycles. The van der Waals surface area contributed by atoms with Crippen molar-refractivity contribution in [3.63, 3.8) is 0 Å². The van der Waals surface area contributed by atoms with Crippen LogP contribution in [-0.4, -0.2) is 42.6 Å². The Morgan fingerprint density at radius 1 is 1.16 bits per heavy atom. The fourth-order valence-electron chi connectivity index (χ4n) is 2.35. The lowest BCUT2D eigenvalue weighted by molar-refractivity contribution is -0.127. The zero-order valence-electron chi connectivity index (χ0n) is 13.5. The van der Waals surface area contributed by atoms with Crippen LogP contribution in [0.1, 0.15) is 6.92 Å². The van der Waals surface area contributed by atoms with Gasteiger partial charge in [-0.25, -0.2) is 0 Å². The number of anilines is 1. The first kappa shape index (κ1) is 18.7. The first-order valence-corrected chi connectivity index (χ1v) is 9.07. The predicted molar refractivity (Wildman–Crippen MR) is 94.6 cm³/mol. The minimum Gasteiger partial charge on any atom is -0.373 e. The van der Waals surface area contributed by atoms with Crippen molar-refractivity contribution >= 4 is 38.4 Å². The van der Waals surface area contributed by atoms with Crippen LogP contribution < -0.4 is 16.4 Å². The highest BCUT2D eigenvalue weighted by Gasteiger charge is 2.26. The molecule has 0 radical (unpaired) electrons. The molecule has 8 nitrogen and oxygen atoms in total. The maximum atomic E-state index is 12.2. The van der Waals surface area contributed by atoms with E-state index in [0.717, 1.165) is 10.8 Å². The molecule has 5 N–H and O–H groups in total. The highest BCUT2D eigenvalue weighted by Crippen LogP contribution is 2.23. The summed E-state index contributed by atoms with van der Waals surface area (Å²) in [6.45, 7) is 1.56. The van der Waals surface area contributed by atoms with Crippen LogP contribution in [0.15, 0.2) is 42.5 Å². The first-order chi connectivity index (χ1) is 11.7. The molecule has 0 unspecified atom stereocenters. The lowest BCUT2D eigenvalue weighted by Crippen LogP contribution is -2.52. The molecule has 0 bridgehead atoms. The number of rotatable bonds is 7. The van der Waals surface area contributed by atoms with Crippen LogP contribution in [0.25, 0.3) is 10.8 Å². The summed E-state index contributed by atoms with van der Waals surface area (Å²) >= 11 is 0. The normalized spacial score (nSPS) is 13.8. The van der Waals surface area contributed by atoms with Crippen LogP contribution in [0, 0.1) is 0 Å². The fourth-order valence-corrected chi connectivity index (χ4v) is 3.02. The van der Waals surface area contributed by atoms with Crippen molar-refractivity contribution in [1.82, 2.24) is 5.32 Å². The number of fused-ring (bicyclic) bond motifs is 1. The molecule has 0 spiro atoms. The SMILES string of the molecule is C[C@H](Nc1cccc2ccccc12)C(=O)N[C@@H](CS(=O)(=O)O)C(N)=O. The van der Waals surface area contributed by atoms with Crippen LogP contribution in [0.2, 0.25) is 0 Å². The molecule has 2 amide bonds. The molecule has 0 heterocycles. The first-order valence-electron chi connectivity index (χ1n) is 7.46. The Morgan fingerprint density at radius 2 is 1.80 bits per heavy atom. The van der Waals surface area contributed by atoms with Gasteiger partial charge in [-0.3, -0.25) is 14.1 Å². The van der Waals surface area contributed by atoms with E-state index in [-0.39, 0.29) is 0 Å². The van der Waals surface area contributed by atoms with Crippen molar-refractivity contribution in [2.45, 2.75) is 19.0 Å². The average Bonchev–Trinajstić information content (AvgIpc) is 2.53. The molecule has 0 saturated carbocycles. The van der Waals surface area contributed by atoms with Crippen molar-refractivity contribution in [3.05, 3.63) is 42.5 Å². The maximum absolute atomic E-state index is 12.2. The quantitative estimate of drug-likeness (QED) is 0.527. The standard InChI is InChI=1S/C16H19N3O5S/c1-10(16(21)19-14(15(17)20)9-25(22,23)24)18-13-8-4-6-11-5-2-3-7-12(11)13/h2-8,10,14,18H,9H2,1H3,(H2,17,20)(H,19,21)(H,22,23,24)/t10-,14-/m0/s1. The van der Waals surface area contributed by atoms with Gasteiger partial charge in [-0.15, -0.1) is 0 Å². The van der Waals surface area contributed by atoms with Gasteiger partial charge in [-0.2, -0.15) is 8.42 Å². The molecule has 25 heavy (non-hydrogen) atoms. The molecule has 2 aromatic rings. The van der Waals surface area contributed by atoms with Crippen LogP contribution in [0.3, 0.4) is 0 Å². The van der Waals surface area contributed by atoms with E-state index in [1.807, 2.05) is 36.4 Å². The summed E-state index contributed by atoms with van der Waals surface area (Å²) in [7, 11) is -4.46. The topological polar surface area (TPSA) is 139 Å². The molecule has 9 heteroatoms. The van der Waals surface area contributed by atoms with Crippen molar-refractivity contribution in [2.24, 2.45) is 5.73 Å². The zero-order valence-corrected chi connectivity index (χ0v) is 14.3. The number of primary amides is 1. The number of carbonyl (C=O) groups excluding carboxylic acids is 2. The highest BCUT2D eigenvalue weighted by molar-refractivity contribution is 7.85. The number of nitrogens with two attached hydrogens (primary N) is 1. The molecule has 0 aliphatic rings. The van der Waals surface area contributed by atoms with E-state index in [1.165, 1.54) is 0 Å². The van der Waals surface area contributed by atoms with Gasteiger partial charge in [0.15, 0.2) is 0 Å². The van der Waals surface area contributed by atoms with Gasteiger partial charge in [-0.05, 0) is 18.4 Å². The average molecular weight is 365 g/mol. The Kier molecular flexibility index (Phi) is 5.60. The zero-order chi connectivity index (χ0) is 18.6. The molecule has 0 fully saturated rings. The lowest BCUT2D eigenvalue weighted by atomic mass is 10.1. The minimum absolute atomic E-state index is 0.625. The molecular formula is C16H19N3O5S. The molecule has 2 atom stereocenters. The molecule has 134 valence electrons. The van der Waals surface area contributed by atoms with Crippen LogP contribution in [0.4, 0.5) is 5.69 Å². The number of hydrogen-bond acceptors (Lipinski definition) is 5. The Balaban J connectivity index is 2.12. The number of nitrogens with one attached hydrogen (secondary N) is 2. The van der Waals surface area contributed by atoms with Gasteiger partial charge >= 0.3 is 0 Å². The summed E-state index contributed by atoms with van der Waals surface area (Å²) in [5.41, 5.74) is 5.78. The molecular weight excluding hydrogens is 346 g/mol. The number of hydrogen-bond donors (Lipinski definition) is 4. The van der Waals surface area contributed by atoms with E-state index < -0.39 is 39.8 Å². The Hall–Kier alpha value is -2.65. The Labute approximate surface area is 145 Å². The molecule has 0 aromatic heterocycles. The van der Waals surface area contributed by atoms with Gasteiger partial charge in [0.05, 0.1) is 0 Å². The number of carbonyl (C=O) groups is 2. The van der Waals surface area contributed by atoms with Gasteiger partial charge < -0.3 is 16.4 Å². The second-order valence-electron chi connectivity index (χ2n) is 5.60. The summed E-state index contributed by atoms with van der Waals surface area (Å²) in [6, 6.07) is 10.9. The molecule has 0 aliphatic heterocycles. The smallest absolute Gasteiger partial charge is 0.267 e. The van der Waals surface area contributed by atoms with Crippen LogP contribution in [0.5, 0.6) is 0 Å². The van der Waals surface area contributed by atoms with E-state index in [1.54, 1.807) is 13.0 Å². The van der Waals surface area contributed by atoms with E-state index in [4.69, 9.17) is 10.3 Å². The second-order valence-corrected chi connectivity index (χ2v) is 7.10. The summed E-state index contributed by atoms with van der Waals surface area (Å²) in [4.78, 5) is 23.5. The van der Waals surface area contributed by atoms with Gasteiger partial charge in [0, 0.05) is 11.1 Å². The van der Waals surface area contributed by atoms with Crippen molar-refractivity contribution in [1.29, 1.82) is 0 Å². The molecule has 2 aromatic carbocycles. The van der Waals surface area contributed by atoms with Crippen molar-refractivity contribution in [2.75, 3.05) is 11.1 Å². The Morgan fingerprint density at radius 3 is 2.44 bits per heavy atom. The fraction of sp³-hybridized carbons (Fsp3) is 0.250. The van der Waals surface area contributed by atoms with Crippen LogP contribution >= 0.6 is 0 Å². The van der Waals surface area contributed by atoms with E-state index in [9.17, 15) is 18.0 Å². The highest BCUT2D eigenvalue weighted by atomic mass is 32.2. The summed E-state index contributed by atoms with van der Waals surface area (Å²) < 4.78 is 30.7. The van der Waals surface area contributed by atoms with Gasteiger partial charge in [0.2, 0.25) is 11.8 Å². The minimum atomic E-state index is -4.46. The maximum Gasteiger partial charge on any atom is 0.267 e. The van der Waals surface area contributed by atoms with Crippen molar-refractivity contribution < 1.29 is 22.6 Å². The number of amides is 2. The largest absolute Gasteiger partial charge is 0.373 e. The summed E-state index contributed by atoms with van der Waals surface area (Å²) in [5, 5.41) is 7.14. The van der Waals surface area contributed by atoms with E-state index in [2.05, 4.69) is 10.6 Å². The van der Waals surface area contributed by atoms with Gasteiger partial charge in [-0.1, -0.05) is 36.4 Å². The van der Waals surface area contributed by atoms with Gasteiger partial charge in [0.25, 0.3) is 10.1 Å². The third-order valence-electron chi connectivity index (χ3n) is 3.59. The van der Waals surface area contributed by atoms with Crippen LogP contribution in [-0.2, 0) is 19.7 Å². The summed E-state index contributed by atoms with van der Waals surface area (Å²) in [5.74, 6) is -2.65. The predicted octanol–water partition coefficient (Wildman–Crippen LogP) is 0.498. The van der Waals surface area contributed by atoms with Gasteiger partial charge in [0.1, 0.15) is 17.8 Å². The Bertz CT molecular complexity index is 892. The lowest BCUT2D eigenvalue weighted by Gasteiger charge is -2.20. The van der Waals surface area contributed by atoms with E-state index >= 15 is 0 Å². The number of benzene rings is 2. The van der Waals surface area contributed by atoms with Crippen molar-refractivity contribution in [3.8, 4) is 0 Å². The van der Waals surface area contributed by atoms with E-state index in [0.29, 0.717) is 5.69 Å². The molecule has 2 rings (SSSR count). The monoisotopic (exact) mass is 365 g/mol. The third kappa shape index (κ3) is 5.16. The second kappa shape index (κ2) is 7.49.